The van der Waals surface area contributed by atoms with Crippen LogP contribution in [0.5, 0.6) is 0 Å². The minimum atomic E-state index is -0.706. The first-order valence-electron chi connectivity index (χ1n) is 10.3. The highest BCUT2D eigenvalue weighted by molar-refractivity contribution is 5.96. The summed E-state index contributed by atoms with van der Waals surface area (Å²) < 4.78 is 0. The van der Waals surface area contributed by atoms with Crippen molar-refractivity contribution in [2.75, 3.05) is 17.3 Å². The van der Waals surface area contributed by atoms with Crippen LogP contribution in [0.2, 0.25) is 0 Å². The highest BCUT2D eigenvalue weighted by Crippen LogP contribution is 2.30. The largest absolute Gasteiger partial charge is 0.364 e. The third-order valence-electron chi connectivity index (χ3n) is 5.81. The molecular weight excluding hydrogens is 394 g/mol. The fraction of sp³-hybridized carbons (Fsp3) is 0.409. The number of nitrogens with one attached hydrogen (secondary N) is 2. The van der Waals surface area contributed by atoms with E-state index >= 15 is 0 Å². The first-order valence-corrected chi connectivity index (χ1v) is 10.3. The van der Waals surface area contributed by atoms with Gasteiger partial charge in [0.2, 0.25) is 11.9 Å². The summed E-state index contributed by atoms with van der Waals surface area (Å²) in [6, 6.07) is 7.82. The summed E-state index contributed by atoms with van der Waals surface area (Å²) in [5.41, 5.74) is 7.34. The van der Waals surface area contributed by atoms with E-state index in [4.69, 9.17) is 5.73 Å². The summed E-state index contributed by atoms with van der Waals surface area (Å²) in [6.45, 7) is 7.62. The number of primary amides is 1. The molecular formula is C22H29N7O2. The van der Waals surface area contributed by atoms with Crippen molar-refractivity contribution in [2.24, 2.45) is 11.7 Å². The predicted molar refractivity (Wildman–Crippen MR) is 120 cm³/mol. The van der Waals surface area contributed by atoms with E-state index in [9.17, 15) is 9.59 Å². The molecule has 31 heavy (non-hydrogen) atoms. The number of carbonyl (C=O) groups is 2. The number of nitrogens with zero attached hydrogens (tertiary/aromatic N) is 4. The number of anilines is 3. The maximum absolute atomic E-state index is 11.9. The quantitative estimate of drug-likeness (QED) is 0.583. The maximum atomic E-state index is 11.9. The smallest absolute Gasteiger partial charge is 0.273 e. The predicted octanol–water partition coefficient (Wildman–Crippen LogP) is 2.32. The van der Waals surface area contributed by atoms with Crippen molar-refractivity contribution in [1.29, 1.82) is 0 Å². The van der Waals surface area contributed by atoms with Crippen molar-refractivity contribution in [3.8, 4) is 0 Å². The van der Waals surface area contributed by atoms with Gasteiger partial charge >= 0.3 is 0 Å². The van der Waals surface area contributed by atoms with Gasteiger partial charge in [0.05, 0.1) is 0 Å². The van der Waals surface area contributed by atoms with Gasteiger partial charge in [0.25, 0.3) is 5.91 Å². The highest BCUT2D eigenvalue weighted by Gasteiger charge is 2.34. The van der Waals surface area contributed by atoms with Crippen LogP contribution in [0.25, 0.3) is 0 Å². The van der Waals surface area contributed by atoms with Crippen molar-refractivity contribution in [1.82, 2.24) is 20.5 Å². The topological polar surface area (TPSA) is 126 Å². The maximum Gasteiger partial charge on any atom is 0.273 e. The van der Waals surface area contributed by atoms with Crippen LogP contribution in [-0.4, -0.2) is 46.1 Å². The molecule has 1 aromatic carbocycles. The molecule has 2 aromatic rings. The Balaban J connectivity index is 1.85. The molecule has 1 saturated carbocycles. The second-order valence-corrected chi connectivity index (χ2v) is 7.95. The molecule has 1 aliphatic carbocycles. The van der Waals surface area contributed by atoms with Gasteiger partial charge in [-0.1, -0.05) is 31.2 Å². The van der Waals surface area contributed by atoms with Gasteiger partial charge in [0, 0.05) is 24.8 Å². The van der Waals surface area contributed by atoms with Crippen LogP contribution in [0.15, 0.2) is 36.9 Å². The molecule has 9 heteroatoms. The van der Waals surface area contributed by atoms with Crippen LogP contribution in [-0.2, 0) is 4.79 Å². The van der Waals surface area contributed by atoms with Gasteiger partial charge in [0.1, 0.15) is 0 Å². The lowest BCUT2D eigenvalue weighted by Crippen LogP contribution is -2.51. The molecule has 3 rings (SSSR count). The van der Waals surface area contributed by atoms with Gasteiger partial charge in [-0.15, -0.1) is 10.2 Å². The van der Waals surface area contributed by atoms with E-state index < -0.39 is 5.91 Å². The second kappa shape index (κ2) is 9.55. The zero-order valence-corrected chi connectivity index (χ0v) is 18.1. The first-order chi connectivity index (χ1) is 14.8. The van der Waals surface area contributed by atoms with Crippen LogP contribution in [0.4, 0.5) is 17.5 Å². The number of rotatable bonds is 7. The van der Waals surface area contributed by atoms with Gasteiger partial charge in [-0.25, -0.2) is 0 Å². The van der Waals surface area contributed by atoms with E-state index in [2.05, 4.69) is 39.3 Å². The molecule has 3 atom stereocenters. The third-order valence-corrected chi connectivity index (χ3v) is 5.81. The van der Waals surface area contributed by atoms with Gasteiger partial charge in [-0.05, 0) is 50.3 Å². The van der Waals surface area contributed by atoms with E-state index in [1.807, 2.05) is 43.1 Å². The van der Waals surface area contributed by atoms with Crippen LogP contribution in [0.3, 0.4) is 0 Å². The van der Waals surface area contributed by atoms with E-state index in [0.717, 1.165) is 30.5 Å². The van der Waals surface area contributed by atoms with E-state index in [1.165, 1.54) is 6.08 Å². The van der Waals surface area contributed by atoms with Crippen molar-refractivity contribution >= 4 is 29.3 Å². The van der Waals surface area contributed by atoms with Crippen molar-refractivity contribution in [3.05, 3.63) is 48.2 Å². The minimum Gasteiger partial charge on any atom is -0.364 e. The number of nitrogens with two attached hydrogens (primary N) is 1. The molecule has 1 heterocycles. The highest BCUT2D eigenvalue weighted by atomic mass is 16.2. The van der Waals surface area contributed by atoms with Gasteiger partial charge in [-0.3, -0.25) is 9.59 Å². The number of hydrogen-bond acceptors (Lipinski definition) is 7. The zero-order valence-electron chi connectivity index (χ0n) is 18.1. The van der Waals surface area contributed by atoms with E-state index in [0.29, 0.717) is 5.95 Å². The molecule has 1 aliphatic rings. The van der Waals surface area contributed by atoms with Crippen LogP contribution < -0.4 is 21.3 Å². The molecule has 0 bridgehead atoms. The number of amides is 2. The number of benzene rings is 1. The first kappa shape index (κ1) is 22.2. The summed E-state index contributed by atoms with van der Waals surface area (Å²) >= 11 is 0. The van der Waals surface area contributed by atoms with Crippen LogP contribution in [0, 0.1) is 12.8 Å². The normalized spacial score (nSPS) is 20.5. The SMILES string of the molecule is C=CC(=O)NC1CCC[C@@H](N(C)c2nnc(C(N)=O)c(Nc3ccc(C)cc3)n2)[C@H]1C. The fourth-order valence-corrected chi connectivity index (χ4v) is 3.97. The summed E-state index contributed by atoms with van der Waals surface area (Å²) in [5, 5.41) is 14.3. The lowest BCUT2D eigenvalue weighted by atomic mass is 9.81. The Bertz CT molecular complexity index is 961. The molecule has 1 fully saturated rings. The molecule has 1 unspecified atom stereocenters. The summed E-state index contributed by atoms with van der Waals surface area (Å²) in [6.07, 6.45) is 4.09. The minimum absolute atomic E-state index is 0.0226. The average Bonchev–Trinajstić information content (AvgIpc) is 2.76. The number of aryl methyl sites for hydroxylation is 1. The fourth-order valence-electron chi connectivity index (χ4n) is 3.97. The molecule has 9 nitrogen and oxygen atoms in total. The molecule has 1 aromatic heterocycles. The molecule has 4 N–H and O–H groups in total. The molecule has 0 radical (unpaired) electrons. The second-order valence-electron chi connectivity index (χ2n) is 7.95. The Morgan fingerprint density at radius 2 is 1.94 bits per heavy atom. The van der Waals surface area contributed by atoms with Crippen LogP contribution >= 0.6 is 0 Å². The number of aromatic nitrogens is 3. The van der Waals surface area contributed by atoms with Gasteiger partial charge < -0.3 is 21.3 Å². The molecule has 164 valence electrons. The average molecular weight is 424 g/mol. The van der Waals surface area contributed by atoms with Crippen molar-refractivity contribution < 1.29 is 9.59 Å². The van der Waals surface area contributed by atoms with Crippen molar-refractivity contribution in [3.63, 3.8) is 0 Å². The Hall–Kier alpha value is -3.49. The molecule has 2 amide bonds. The Morgan fingerprint density at radius 3 is 2.58 bits per heavy atom. The Labute approximate surface area is 182 Å². The molecule has 0 aliphatic heterocycles. The van der Waals surface area contributed by atoms with Gasteiger partial charge in [-0.2, -0.15) is 4.98 Å². The summed E-state index contributed by atoms with van der Waals surface area (Å²) in [7, 11) is 1.90. The number of hydrogen-bond donors (Lipinski definition) is 3. The number of carbonyl (C=O) groups excluding carboxylic acids is 2. The third kappa shape index (κ3) is 5.17. The zero-order chi connectivity index (χ0) is 22.5. The van der Waals surface area contributed by atoms with Crippen LogP contribution in [0.1, 0.15) is 42.2 Å². The summed E-state index contributed by atoms with van der Waals surface area (Å²) in [4.78, 5) is 30.1. The molecule has 0 spiro atoms. The van der Waals surface area contributed by atoms with E-state index in [1.54, 1.807) is 0 Å². The van der Waals surface area contributed by atoms with Gasteiger partial charge in [0.15, 0.2) is 11.5 Å². The summed E-state index contributed by atoms with van der Waals surface area (Å²) in [5.74, 6) is -0.0774. The monoisotopic (exact) mass is 423 g/mol. The lowest BCUT2D eigenvalue weighted by Gasteiger charge is -2.41. The molecule has 0 saturated heterocycles. The van der Waals surface area contributed by atoms with E-state index in [-0.39, 0.29) is 35.4 Å². The Kier molecular flexibility index (Phi) is 6.84. The lowest BCUT2D eigenvalue weighted by molar-refractivity contribution is -0.117. The Morgan fingerprint density at radius 1 is 1.23 bits per heavy atom. The van der Waals surface area contributed by atoms with Crippen molar-refractivity contribution in [2.45, 2.75) is 45.2 Å². The standard InChI is InChI=1S/C22H29N7O2/c1-5-18(30)25-16-7-6-8-17(14(16)3)29(4)22-26-21(19(20(23)31)27-28-22)24-15-11-9-13(2)10-12-15/h5,9-12,14,16-17H,1,6-8H2,2-4H3,(H2,23,31)(H,25,30)(H,24,26,28)/t14-,16?,17+/m0/s1.